The lowest BCUT2D eigenvalue weighted by molar-refractivity contribution is -0.141. The van der Waals surface area contributed by atoms with E-state index in [-0.39, 0.29) is 11.4 Å². The Morgan fingerprint density at radius 1 is 1.30 bits per heavy atom. The number of nitrogens with one attached hydrogen (secondary N) is 1. The topological polar surface area (TPSA) is 122 Å². The lowest BCUT2D eigenvalue weighted by Crippen LogP contribution is -2.33. The lowest BCUT2D eigenvalue weighted by Gasteiger charge is -2.12. The van der Waals surface area contributed by atoms with E-state index in [1.807, 2.05) is 0 Å². The largest absolute Gasteiger partial charge is 0.504 e. The minimum Gasteiger partial charge on any atom is -0.504 e. The third kappa shape index (κ3) is 6.06. The number of thioether (sulfide) groups is 1. The van der Waals surface area contributed by atoms with Crippen molar-refractivity contribution in [2.45, 2.75) is 12.5 Å². The number of methoxy groups -OCH3 is 1. The van der Waals surface area contributed by atoms with Crippen LogP contribution in [-0.4, -0.2) is 84.2 Å². The molecule has 2 rings (SSSR count). The van der Waals surface area contributed by atoms with Crippen molar-refractivity contribution >= 4 is 28.5 Å². The fourth-order valence-electron chi connectivity index (χ4n) is 2.20. The molecule has 0 fully saturated rings. The van der Waals surface area contributed by atoms with Crippen LogP contribution >= 0.6 is 11.8 Å². The van der Waals surface area contributed by atoms with E-state index in [2.05, 4.69) is 15.3 Å². The summed E-state index contributed by atoms with van der Waals surface area (Å²) >= 11 is 1.27. The van der Waals surface area contributed by atoms with Crippen molar-refractivity contribution < 1.29 is 29.2 Å². The Hall–Kier alpha value is -1.88. The summed E-state index contributed by atoms with van der Waals surface area (Å²) < 4.78 is 15.6. The van der Waals surface area contributed by atoms with Gasteiger partial charge in [-0.2, -0.15) is 0 Å². The van der Waals surface area contributed by atoms with Crippen molar-refractivity contribution in [3.8, 4) is 5.75 Å². The van der Waals surface area contributed by atoms with Gasteiger partial charge in [-0.25, -0.2) is 9.78 Å². The molecule has 1 aromatic rings. The van der Waals surface area contributed by atoms with Gasteiger partial charge in [-0.05, 0) is 13.0 Å². The minimum atomic E-state index is -1.20. The van der Waals surface area contributed by atoms with E-state index in [9.17, 15) is 15.0 Å². The van der Waals surface area contributed by atoms with Gasteiger partial charge in [-0.3, -0.25) is 4.99 Å². The molecule has 1 aromatic heterocycles. The molecule has 1 aliphatic rings. The molecule has 0 aliphatic carbocycles. The third-order valence-electron chi connectivity index (χ3n) is 3.79. The van der Waals surface area contributed by atoms with Crippen LogP contribution in [0, 0.1) is 0 Å². The van der Waals surface area contributed by atoms with Crippen LogP contribution < -0.4 is 5.32 Å². The highest BCUT2D eigenvalue weighted by atomic mass is 32.2. The predicted molar refractivity (Wildman–Crippen MR) is 103 cm³/mol. The summed E-state index contributed by atoms with van der Waals surface area (Å²) in [7, 11) is 1.62. The molecular formula is C17H25N3O6S. The Kier molecular flexibility index (Phi) is 8.29. The molecule has 0 aromatic carbocycles. The molecule has 1 atom stereocenters. The molecular weight excluding hydrogens is 374 g/mol. The van der Waals surface area contributed by atoms with Gasteiger partial charge < -0.3 is 29.7 Å². The van der Waals surface area contributed by atoms with Crippen LogP contribution in [0.1, 0.15) is 12.6 Å². The summed E-state index contributed by atoms with van der Waals surface area (Å²) in [5.74, 6) is -0.750. The van der Waals surface area contributed by atoms with Crippen LogP contribution in [0.5, 0.6) is 5.75 Å². The third-order valence-corrected chi connectivity index (χ3v) is 5.06. The summed E-state index contributed by atoms with van der Waals surface area (Å²) in [5, 5.41) is 23.2. The molecule has 27 heavy (non-hydrogen) atoms. The maximum absolute atomic E-state index is 11.3. The number of hydrogen-bond acceptors (Lipinski definition) is 9. The number of carbonyl (C=O) groups is 1. The molecule has 0 unspecified atom stereocenters. The molecule has 0 saturated heterocycles. The minimum absolute atomic E-state index is 0.0544. The zero-order valence-corrected chi connectivity index (χ0v) is 16.3. The van der Waals surface area contributed by atoms with E-state index in [1.165, 1.54) is 11.8 Å². The lowest BCUT2D eigenvalue weighted by atomic mass is 10.1. The molecule has 0 bridgehead atoms. The zero-order valence-electron chi connectivity index (χ0n) is 15.4. The summed E-state index contributed by atoms with van der Waals surface area (Å²) in [6, 6.07) is 1.64. The molecule has 150 valence electrons. The Labute approximate surface area is 162 Å². The molecule has 0 saturated carbocycles. The van der Waals surface area contributed by atoms with Crippen molar-refractivity contribution in [1.29, 1.82) is 0 Å². The number of anilines is 1. The van der Waals surface area contributed by atoms with Crippen LogP contribution in [0.15, 0.2) is 17.3 Å². The first-order chi connectivity index (χ1) is 13.0. The van der Waals surface area contributed by atoms with Crippen LogP contribution in [0.2, 0.25) is 0 Å². The van der Waals surface area contributed by atoms with Crippen LogP contribution in [-0.2, 0) is 19.0 Å². The van der Waals surface area contributed by atoms with E-state index in [1.54, 1.807) is 26.3 Å². The molecule has 0 radical (unpaired) electrons. The fourth-order valence-corrected chi connectivity index (χ4v) is 3.36. The second-order valence-corrected chi connectivity index (χ2v) is 6.95. The highest BCUT2D eigenvalue weighted by Gasteiger charge is 2.39. The zero-order chi connectivity index (χ0) is 19.7. The van der Waals surface area contributed by atoms with E-state index in [0.29, 0.717) is 56.1 Å². The number of hydrogen-bond donors (Lipinski definition) is 3. The number of aliphatic imine (C=N–C) groups is 1. The summed E-state index contributed by atoms with van der Waals surface area (Å²) in [4.78, 5) is 19.7. The highest BCUT2D eigenvalue weighted by Crippen LogP contribution is 2.35. The number of nitrogens with zero attached hydrogens (tertiary/aromatic N) is 2. The monoisotopic (exact) mass is 399 g/mol. The summed E-state index contributed by atoms with van der Waals surface area (Å²) in [6.07, 6.45) is 1.54. The highest BCUT2D eigenvalue weighted by molar-refractivity contribution is 8.14. The molecule has 0 amide bonds. The first kappa shape index (κ1) is 21.4. The van der Waals surface area contributed by atoms with E-state index in [4.69, 9.17) is 14.2 Å². The Morgan fingerprint density at radius 3 is 2.67 bits per heavy atom. The molecule has 0 spiro atoms. The van der Waals surface area contributed by atoms with E-state index >= 15 is 0 Å². The van der Waals surface area contributed by atoms with Crippen molar-refractivity contribution in [2.24, 2.45) is 4.99 Å². The number of ether oxygens (including phenoxy) is 3. The Morgan fingerprint density at radius 2 is 2.00 bits per heavy atom. The van der Waals surface area contributed by atoms with Gasteiger partial charge >= 0.3 is 5.97 Å². The SMILES string of the molecule is COCCOCCOCCNc1ccnc(C2=N[C@@](C)(C(=O)O)CS2)c1O. The normalized spacial score (nSPS) is 19.1. The van der Waals surface area contributed by atoms with Gasteiger partial charge in [0.25, 0.3) is 0 Å². The number of aromatic nitrogens is 1. The maximum Gasteiger partial charge on any atom is 0.332 e. The smallest absolute Gasteiger partial charge is 0.332 e. The number of aromatic hydroxyl groups is 1. The predicted octanol–water partition coefficient (Wildman–Crippen LogP) is 1.22. The average molecular weight is 399 g/mol. The van der Waals surface area contributed by atoms with Crippen molar-refractivity contribution in [3.63, 3.8) is 0 Å². The number of pyridine rings is 1. The van der Waals surface area contributed by atoms with Gasteiger partial charge in [-0.1, -0.05) is 0 Å². The van der Waals surface area contributed by atoms with Crippen molar-refractivity contribution in [1.82, 2.24) is 4.98 Å². The fraction of sp³-hybridized carbons (Fsp3) is 0.588. The first-order valence-electron chi connectivity index (χ1n) is 8.50. The van der Waals surface area contributed by atoms with Crippen LogP contribution in [0.4, 0.5) is 5.69 Å². The Balaban J connectivity index is 1.83. The van der Waals surface area contributed by atoms with Gasteiger partial charge in [0, 0.05) is 25.6 Å². The second-order valence-electron chi connectivity index (χ2n) is 5.98. The molecule has 9 nitrogen and oxygen atoms in total. The van der Waals surface area contributed by atoms with Crippen LogP contribution in [0.25, 0.3) is 0 Å². The first-order valence-corrected chi connectivity index (χ1v) is 9.49. The molecule has 1 aliphatic heterocycles. The van der Waals surface area contributed by atoms with Crippen LogP contribution in [0.3, 0.4) is 0 Å². The summed E-state index contributed by atoms with van der Waals surface area (Å²) in [5.41, 5.74) is -0.425. The van der Waals surface area contributed by atoms with Gasteiger partial charge in [0.15, 0.2) is 11.3 Å². The molecule has 3 N–H and O–H groups in total. The quantitative estimate of drug-likeness (QED) is 0.445. The number of carboxylic acid groups (broad SMARTS) is 1. The number of carboxylic acids is 1. The van der Waals surface area contributed by atoms with E-state index < -0.39 is 11.5 Å². The van der Waals surface area contributed by atoms with Gasteiger partial charge in [0.05, 0.1) is 38.7 Å². The van der Waals surface area contributed by atoms with Crippen molar-refractivity contribution in [2.75, 3.05) is 57.8 Å². The van der Waals surface area contributed by atoms with Crippen molar-refractivity contribution in [3.05, 3.63) is 18.0 Å². The second kappa shape index (κ2) is 10.5. The van der Waals surface area contributed by atoms with Gasteiger partial charge in [-0.15, -0.1) is 11.8 Å². The number of aliphatic carboxylic acids is 1. The van der Waals surface area contributed by atoms with Gasteiger partial charge in [0.1, 0.15) is 10.7 Å². The Bertz CT molecular complexity index is 672. The number of rotatable bonds is 12. The summed E-state index contributed by atoms with van der Waals surface area (Å²) in [6.45, 7) is 4.53. The molecule has 2 heterocycles. The van der Waals surface area contributed by atoms with E-state index in [0.717, 1.165) is 0 Å². The average Bonchev–Trinajstić information content (AvgIpc) is 3.05. The standard InChI is InChI=1S/C17H25N3O6S/c1-17(16(22)23)11-27-15(20-17)13-14(21)12(3-4-19-13)18-5-6-25-9-10-26-8-7-24-2/h3-4,21H,5-11H2,1-2H3,(H,18,19)(H,22,23)/t17-/m1/s1. The van der Waals surface area contributed by atoms with Gasteiger partial charge in [0.2, 0.25) is 0 Å². The maximum atomic E-state index is 11.3. The molecule has 10 heteroatoms.